The van der Waals surface area contributed by atoms with Crippen LogP contribution in [-0.2, 0) is 0 Å². The lowest BCUT2D eigenvalue weighted by Crippen LogP contribution is -2.31. The second-order valence-corrected chi connectivity index (χ2v) is 10.2. The summed E-state index contributed by atoms with van der Waals surface area (Å²) in [5.41, 5.74) is 2.58. The van der Waals surface area contributed by atoms with Crippen LogP contribution in [-0.4, -0.2) is 54.3 Å². The molecule has 1 N–H and O–H groups in total. The molecule has 9 nitrogen and oxygen atoms in total. The third kappa shape index (κ3) is 7.94. The maximum absolute atomic E-state index is 14.3. The third-order valence-electron chi connectivity index (χ3n) is 6.09. The van der Waals surface area contributed by atoms with Gasteiger partial charge in [-0.3, -0.25) is 0 Å². The lowest BCUT2D eigenvalue weighted by Gasteiger charge is -2.25. The summed E-state index contributed by atoms with van der Waals surface area (Å²) in [6, 6.07) is 18.5. The molecule has 42 heavy (non-hydrogen) atoms. The molecule has 1 heterocycles. The Kier molecular flexibility index (Phi) is 9.93. The van der Waals surface area contributed by atoms with Crippen LogP contribution in [0.2, 0.25) is 0 Å². The molecule has 4 rings (SSSR count). The number of hydrogen-bond acceptors (Lipinski definition) is 8. The van der Waals surface area contributed by atoms with Gasteiger partial charge in [0.05, 0.1) is 11.8 Å². The summed E-state index contributed by atoms with van der Waals surface area (Å²) in [5, 5.41) is 3.16. The summed E-state index contributed by atoms with van der Waals surface area (Å²) in [7, 11) is 3.98. The molecule has 0 radical (unpaired) electrons. The number of anilines is 4. The highest BCUT2D eigenvalue weighted by molar-refractivity contribution is 5.98. The summed E-state index contributed by atoms with van der Waals surface area (Å²) in [4.78, 5) is 26.1. The molecule has 4 aromatic rings. The molecule has 0 aliphatic rings. The molecule has 0 spiro atoms. The van der Waals surface area contributed by atoms with Gasteiger partial charge >= 0.3 is 6.09 Å². The number of nitrogens with zero attached hydrogens (tertiary/aromatic N) is 4. The fourth-order valence-electron chi connectivity index (χ4n) is 4.07. The van der Waals surface area contributed by atoms with Crippen molar-refractivity contribution in [3.05, 3.63) is 89.9 Å². The fraction of sp³-hybridized carbons (Fsp3) is 0.281. The van der Waals surface area contributed by atoms with Crippen molar-refractivity contribution in [3.63, 3.8) is 0 Å². The van der Waals surface area contributed by atoms with Crippen LogP contribution >= 0.6 is 0 Å². The third-order valence-corrected chi connectivity index (χ3v) is 6.09. The number of ether oxygens (including phenoxy) is 3. The van der Waals surface area contributed by atoms with Crippen molar-refractivity contribution in [2.24, 2.45) is 0 Å². The highest BCUT2D eigenvalue weighted by atomic mass is 19.1. The van der Waals surface area contributed by atoms with E-state index < -0.39 is 11.9 Å². The van der Waals surface area contributed by atoms with Crippen LogP contribution in [0.4, 0.5) is 32.3 Å². The van der Waals surface area contributed by atoms with Gasteiger partial charge in [0.15, 0.2) is 0 Å². The maximum Gasteiger partial charge on any atom is 0.425 e. The van der Waals surface area contributed by atoms with Crippen molar-refractivity contribution in [1.82, 2.24) is 14.9 Å². The van der Waals surface area contributed by atoms with Crippen LogP contribution < -0.4 is 24.4 Å². The zero-order valence-electron chi connectivity index (χ0n) is 24.7. The molecule has 0 unspecified atom stereocenters. The number of likely N-dealkylation sites (N-methyl/N-ethyl adjacent to an activating group) is 1. The molecule has 0 saturated carbocycles. The standard InChI is InChI=1S/C32H36FN5O4/c1-21(2)41-28-20-24(33)10-15-27(28)38(32(39)42-30-22(3)8-7-9-23(30)4)29-16-17-34-31(36-29)35-25-11-13-26(14-12-25)40-19-18-37(5)6/h7-17,20-21H,18-19H2,1-6H3,(H,34,35,36). The molecule has 1 aromatic heterocycles. The highest BCUT2D eigenvalue weighted by Gasteiger charge is 2.27. The topological polar surface area (TPSA) is 89.0 Å². The summed E-state index contributed by atoms with van der Waals surface area (Å²) >= 11 is 0. The number of halogens is 1. The van der Waals surface area contributed by atoms with E-state index in [9.17, 15) is 9.18 Å². The van der Waals surface area contributed by atoms with E-state index in [1.54, 1.807) is 6.07 Å². The Morgan fingerprint density at radius 2 is 1.71 bits per heavy atom. The summed E-state index contributed by atoms with van der Waals surface area (Å²) in [5.74, 6) is 1.28. The molecule has 0 aliphatic carbocycles. The number of amides is 1. The van der Waals surface area contributed by atoms with E-state index in [2.05, 4.69) is 15.3 Å². The molecule has 0 bridgehead atoms. The van der Waals surface area contributed by atoms with Gasteiger partial charge in [-0.25, -0.2) is 19.1 Å². The van der Waals surface area contributed by atoms with Gasteiger partial charge < -0.3 is 24.4 Å². The number of benzene rings is 3. The van der Waals surface area contributed by atoms with E-state index in [0.29, 0.717) is 12.4 Å². The van der Waals surface area contributed by atoms with Gasteiger partial charge in [0.2, 0.25) is 5.95 Å². The average molecular weight is 574 g/mol. The molecule has 3 aromatic carbocycles. The van der Waals surface area contributed by atoms with Crippen molar-refractivity contribution in [2.75, 3.05) is 37.5 Å². The van der Waals surface area contributed by atoms with Crippen molar-refractivity contribution in [2.45, 2.75) is 33.8 Å². The number of carbonyl (C=O) groups is 1. The average Bonchev–Trinajstić information content (AvgIpc) is 2.93. The van der Waals surface area contributed by atoms with Gasteiger partial charge in [0.25, 0.3) is 0 Å². The second kappa shape index (κ2) is 13.8. The minimum atomic E-state index is -0.739. The maximum atomic E-state index is 14.3. The Morgan fingerprint density at radius 3 is 2.38 bits per heavy atom. The molecular formula is C32H36FN5O4. The molecule has 0 aliphatic heterocycles. The molecule has 1 amide bonds. The van der Waals surface area contributed by atoms with Crippen molar-refractivity contribution >= 4 is 29.2 Å². The van der Waals surface area contributed by atoms with E-state index in [-0.39, 0.29) is 29.3 Å². The lowest BCUT2D eigenvalue weighted by molar-refractivity contribution is 0.208. The van der Waals surface area contributed by atoms with Gasteiger partial charge in [-0.05, 0) is 89.3 Å². The molecule has 220 valence electrons. The van der Waals surface area contributed by atoms with E-state index in [1.807, 2.05) is 89.2 Å². The van der Waals surface area contributed by atoms with Gasteiger partial charge in [-0.15, -0.1) is 0 Å². The number of rotatable bonds is 11. The normalized spacial score (nSPS) is 11.0. The number of aromatic nitrogens is 2. The first-order valence-electron chi connectivity index (χ1n) is 13.6. The predicted molar refractivity (Wildman–Crippen MR) is 162 cm³/mol. The van der Waals surface area contributed by atoms with Crippen LogP contribution in [0.1, 0.15) is 25.0 Å². The minimum absolute atomic E-state index is 0.168. The predicted octanol–water partition coefficient (Wildman–Crippen LogP) is 7.04. The SMILES string of the molecule is Cc1cccc(C)c1OC(=O)N(c1ccnc(Nc2ccc(OCCN(C)C)cc2)n1)c1ccc(F)cc1OC(C)C. The van der Waals surface area contributed by atoms with Crippen molar-refractivity contribution in [1.29, 1.82) is 0 Å². The largest absolute Gasteiger partial charge is 0.492 e. The first-order valence-corrected chi connectivity index (χ1v) is 13.6. The van der Waals surface area contributed by atoms with Crippen LogP contribution in [0.15, 0.2) is 72.9 Å². The fourth-order valence-corrected chi connectivity index (χ4v) is 4.07. The van der Waals surface area contributed by atoms with Crippen LogP contribution in [0.3, 0.4) is 0 Å². The van der Waals surface area contributed by atoms with Crippen molar-refractivity contribution < 1.29 is 23.4 Å². The van der Waals surface area contributed by atoms with Crippen molar-refractivity contribution in [3.8, 4) is 17.2 Å². The molecule has 10 heteroatoms. The quantitative estimate of drug-likeness (QED) is 0.204. The molecule has 0 fully saturated rings. The molecule has 0 atom stereocenters. The Balaban J connectivity index is 1.67. The lowest BCUT2D eigenvalue weighted by atomic mass is 10.1. The molecular weight excluding hydrogens is 537 g/mol. The van der Waals surface area contributed by atoms with E-state index in [0.717, 1.165) is 29.1 Å². The molecule has 0 saturated heterocycles. The van der Waals surface area contributed by atoms with Crippen LogP contribution in [0, 0.1) is 19.7 Å². The van der Waals surface area contributed by atoms with Crippen LogP contribution in [0.25, 0.3) is 0 Å². The smallest absolute Gasteiger partial charge is 0.425 e. The van der Waals surface area contributed by atoms with Gasteiger partial charge in [0, 0.05) is 30.6 Å². The summed E-state index contributed by atoms with van der Waals surface area (Å²) < 4.78 is 31.8. The Morgan fingerprint density at radius 1 is 1.00 bits per heavy atom. The van der Waals surface area contributed by atoms with Crippen LogP contribution in [0.5, 0.6) is 17.2 Å². The second-order valence-electron chi connectivity index (χ2n) is 10.2. The Hall–Kier alpha value is -4.70. The van der Waals surface area contributed by atoms with Gasteiger partial charge in [0.1, 0.15) is 35.5 Å². The number of nitrogens with one attached hydrogen (secondary N) is 1. The van der Waals surface area contributed by atoms with Gasteiger partial charge in [-0.1, -0.05) is 18.2 Å². The number of para-hydroxylation sites is 1. The summed E-state index contributed by atoms with van der Waals surface area (Å²) in [6.07, 6.45) is 0.505. The Labute approximate surface area is 245 Å². The number of hydrogen-bond donors (Lipinski definition) is 1. The number of aryl methyl sites for hydroxylation is 2. The van der Waals surface area contributed by atoms with E-state index in [1.165, 1.54) is 29.3 Å². The first kappa shape index (κ1) is 30.3. The Bertz CT molecular complexity index is 1490. The zero-order chi connectivity index (χ0) is 30.2. The minimum Gasteiger partial charge on any atom is -0.492 e. The summed E-state index contributed by atoms with van der Waals surface area (Å²) in [6.45, 7) is 8.73. The zero-order valence-corrected chi connectivity index (χ0v) is 24.7. The van der Waals surface area contributed by atoms with E-state index >= 15 is 0 Å². The number of carbonyl (C=O) groups excluding carboxylic acids is 1. The van der Waals surface area contributed by atoms with E-state index in [4.69, 9.17) is 14.2 Å². The highest BCUT2D eigenvalue weighted by Crippen LogP contribution is 2.36. The van der Waals surface area contributed by atoms with Gasteiger partial charge in [-0.2, -0.15) is 4.98 Å². The monoisotopic (exact) mass is 573 g/mol. The first-order chi connectivity index (χ1) is 20.1.